The molecule has 2 saturated heterocycles. The first-order chi connectivity index (χ1) is 3.47. The molecule has 2 atom stereocenters. The average Bonchev–Trinajstić information content (AvgIpc) is 1.85. The molecule has 2 rings (SSSR count). The zero-order chi connectivity index (χ0) is 4.69. The van der Waals surface area contributed by atoms with E-state index in [1.54, 1.807) is 0 Å². The van der Waals surface area contributed by atoms with Crippen LogP contribution in [0, 0.1) is 5.92 Å². The molecule has 2 aliphatic rings. The summed E-state index contributed by atoms with van der Waals surface area (Å²) in [7, 11) is 0. The third kappa shape index (κ3) is 0.409. The van der Waals surface area contributed by atoms with E-state index in [0.717, 1.165) is 12.0 Å². The number of fused-ring (bicyclic) bond motifs is 1. The van der Waals surface area contributed by atoms with Gasteiger partial charge in [-0.15, -0.1) is 0 Å². The lowest BCUT2D eigenvalue weighted by Crippen LogP contribution is -2.51. The Balaban J connectivity index is 2.03. The van der Waals surface area contributed by atoms with Crippen LogP contribution in [0.2, 0.25) is 0 Å². The largest absolute Gasteiger partial charge is 0.315 e. The van der Waals surface area contributed by atoms with Crippen molar-refractivity contribution in [3.05, 3.63) is 0 Å². The molecule has 2 heteroatoms. The van der Waals surface area contributed by atoms with Crippen molar-refractivity contribution < 1.29 is 0 Å². The van der Waals surface area contributed by atoms with Gasteiger partial charge in [-0.05, 0) is 0 Å². The summed E-state index contributed by atoms with van der Waals surface area (Å²) < 4.78 is 0. The number of hydrogen-bond donors (Lipinski definition) is 2. The maximum absolute atomic E-state index is 3.34. The molecule has 0 spiro atoms. The van der Waals surface area contributed by atoms with Gasteiger partial charge < -0.3 is 10.6 Å². The van der Waals surface area contributed by atoms with Gasteiger partial charge in [0, 0.05) is 31.6 Å². The average molecular weight is 98.1 g/mol. The lowest BCUT2D eigenvalue weighted by atomic mass is 9.96. The highest BCUT2D eigenvalue weighted by Crippen LogP contribution is 2.15. The summed E-state index contributed by atoms with van der Waals surface area (Å²) in [6.07, 6.45) is 0. The Bertz CT molecular complexity index is 72.1. The van der Waals surface area contributed by atoms with E-state index in [4.69, 9.17) is 0 Å². The Morgan fingerprint density at radius 1 is 1.14 bits per heavy atom. The summed E-state index contributed by atoms with van der Waals surface area (Å²) >= 11 is 0. The fourth-order valence-electron chi connectivity index (χ4n) is 1.33. The highest BCUT2D eigenvalue weighted by molar-refractivity contribution is 4.95. The molecule has 0 saturated carbocycles. The minimum Gasteiger partial charge on any atom is -0.315 e. The standard InChI is InChI=1S/C5H10N2/c1-4-2-7-5(4)3-6-1/h4-7H,1-3H2/t4-,5?/m0/s1. The Kier molecular flexibility index (Phi) is 0.664. The van der Waals surface area contributed by atoms with Gasteiger partial charge in [-0.25, -0.2) is 0 Å². The maximum Gasteiger partial charge on any atom is 0.0245 e. The van der Waals surface area contributed by atoms with Gasteiger partial charge in [0.05, 0.1) is 0 Å². The molecule has 2 nitrogen and oxygen atoms in total. The summed E-state index contributed by atoms with van der Waals surface area (Å²) in [6, 6.07) is 0.833. The fraction of sp³-hybridized carbons (Fsp3) is 1.00. The van der Waals surface area contributed by atoms with E-state index in [2.05, 4.69) is 10.6 Å². The van der Waals surface area contributed by atoms with Crippen molar-refractivity contribution in [2.45, 2.75) is 6.04 Å². The molecular weight excluding hydrogens is 88.1 g/mol. The van der Waals surface area contributed by atoms with Crippen molar-refractivity contribution >= 4 is 0 Å². The van der Waals surface area contributed by atoms with Crippen LogP contribution in [0.3, 0.4) is 0 Å². The van der Waals surface area contributed by atoms with Crippen molar-refractivity contribution in [1.29, 1.82) is 0 Å². The van der Waals surface area contributed by atoms with Gasteiger partial charge in [-0.3, -0.25) is 0 Å². The first-order valence-corrected chi connectivity index (χ1v) is 2.91. The van der Waals surface area contributed by atoms with Gasteiger partial charge in [0.15, 0.2) is 0 Å². The fourth-order valence-corrected chi connectivity index (χ4v) is 1.33. The van der Waals surface area contributed by atoms with Crippen molar-refractivity contribution in [1.82, 2.24) is 10.6 Å². The smallest absolute Gasteiger partial charge is 0.0245 e. The van der Waals surface area contributed by atoms with Crippen LogP contribution < -0.4 is 10.6 Å². The minimum atomic E-state index is 0.833. The van der Waals surface area contributed by atoms with Crippen molar-refractivity contribution in [3.8, 4) is 0 Å². The molecule has 0 aliphatic carbocycles. The lowest BCUT2D eigenvalue weighted by Gasteiger charge is -2.30. The van der Waals surface area contributed by atoms with Crippen LogP contribution in [0.5, 0.6) is 0 Å². The summed E-state index contributed by atoms with van der Waals surface area (Å²) in [5.74, 6) is 0.972. The SMILES string of the molecule is C1NC[C@H]2CNC12. The molecule has 0 amide bonds. The van der Waals surface area contributed by atoms with Gasteiger partial charge in [-0.1, -0.05) is 0 Å². The molecule has 0 aromatic carbocycles. The summed E-state index contributed by atoms with van der Waals surface area (Å²) in [5.41, 5.74) is 0. The van der Waals surface area contributed by atoms with E-state index in [1.165, 1.54) is 19.6 Å². The molecule has 2 heterocycles. The topological polar surface area (TPSA) is 24.1 Å². The zero-order valence-electron chi connectivity index (χ0n) is 4.28. The van der Waals surface area contributed by atoms with Crippen LogP contribution >= 0.6 is 0 Å². The van der Waals surface area contributed by atoms with Crippen molar-refractivity contribution in [3.63, 3.8) is 0 Å². The predicted octanol–water partition coefficient (Wildman–Crippen LogP) is -0.822. The normalized spacial score (nSPS) is 48.0. The van der Waals surface area contributed by atoms with Crippen LogP contribution in [0.1, 0.15) is 0 Å². The Morgan fingerprint density at radius 2 is 2.14 bits per heavy atom. The van der Waals surface area contributed by atoms with Gasteiger partial charge in [0.25, 0.3) is 0 Å². The number of hydrogen-bond acceptors (Lipinski definition) is 2. The van der Waals surface area contributed by atoms with E-state index in [9.17, 15) is 0 Å². The highest BCUT2D eigenvalue weighted by Gasteiger charge is 2.33. The van der Waals surface area contributed by atoms with E-state index < -0.39 is 0 Å². The molecule has 1 unspecified atom stereocenters. The van der Waals surface area contributed by atoms with Crippen molar-refractivity contribution in [2.75, 3.05) is 19.6 Å². The number of rotatable bonds is 0. The third-order valence-electron chi connectivity index (χ3n) is 1.98. The monoisotopic (exact) mass is 98.1 g/mol. The molecule has 0 aromatic heterocycles. The van der Waals surface area contributed by atoms with Gasteiger partial charge in [0.1, 0.15) is 0 Å². The minimum absolute atomic E-state index is 0.833. The Morgan fingerprint density at radius 3 is 2.43 bits per heavy atom. The van der Waals surface area contributed by atoms with Crippen LogP contribution in [0.4, 0.5) is 0 Å². The molecular formula is C5H10N2. The van der Waals surface area contributed by atoms with Gasteiger partial charge >= 0.3 is 0 Å². The van der Waals surface area contributed by atoms with Crippen LogP contribution in [-0.4, -0.2) is 25.7 Å². The molecule has 2 aliphatic heterocycles. The molecule has 2 fully saturated rings. The highest BCUT2D eigenvalue weighted by atomic mass is 15.1. The van der Waals surface area contributed by atoms with E-state index in [-0.39, 0.29) is 0 Å². The first-order valence-electron chi connectivity index (χ1n) is 2.91. The zero-order valence-corrected chi connectivity index (χ0v) is 4.28. The molecule has 40 valence electrons. The van der Waals surface area contributed by atoms with E-state index in [0.29, 0.717) is 0 Å². The summed E-state index contributed by atoms with van der Waals surface area (Å²) in [4.78, 5) is 0. The lowest BCUT2D eigenvalue weighted by molar-refractivity contribution is 0.297. The molecule has 0 bridgehead atoms. The second kappa shape index (κ2) is 1.20. The molecule has 0 aromatic rings. The summed E-state index contributed by atoms with van der Waals surface area (Å²) in [5, 5.41) is 6.67. The second-order valence-electron chi connectivity index (χ2n) is 2.43. The first kappa shape index (κ1) is 3.87. The van der Waals surface area contributed by atoms with Crippen LogP contribution in [0.15, 0.2) is 0 Å². The quantitative estimate of drug-likeness (QED) is 0.413. The van der Waals surface area contributed by atoms with E-state index in [1.807, 2.05) is 0 Å². The van der Waals surface area contributed by atoms with Crippen LogP contribution in [0.25, 0.3) is 0 Å². The molecule has 7 heavy (non-hydrogen) atoms. The molecule has 0 radical (unpaired) electrons. The predicted molar refractivity (Wildman–Crippen MR) is 28.2 cm³/mol. The van der Waals surface area contributed by atoms with Gasteiger partial charge in [-0.2, -0.15) is 0 Å². The third-order valence-corrected chi connectivity index (χ3v) is 1.98. The van der Waals surface area contributed by atoms with Crippen LogP contribution in [-0.2, 0) is 0 Å². The van der Waals surface area contributed by atoms with E-state index >= 15 is 0 Å². The van der Waals surface area contributed by atoms with Gasteiger partial charge in [0.2, 0.25) is 0 Å². The van der Waals surface area contributed by atoms with Crippen molar-refractivity contribution in [2.24, 2.45) is 5.92 Å². The maximum atomic E-state index is 3.34. The summed E-state index contributed by atoms with van der Waals surface area (Å²) in [6.45, 7) is 3.69. The Labute approximate surface area is 43.3 Å². The number of nitrogens with one attached hydrogen (secondary N) is 2. The Hall–Kier alpha value is -0.0800. The molecule has 2 N–H and O–H groups in total. The second-order valence-corrected chi connectivity index (χ2v) is 2.43.